The van der Waals surface area contributed by atoms with E-state index in [0.29, 0.717) is 6.61 Å². The van der Waals surface area contributed by atoms with Crippen LogP contribution in [0, 0.1) is 6.92 Å². The first-order valence-electron chi connectivity index (χ1n) is 9.30. The Balaban J connectivity index is 1.67. The maximum absolute atomic E-state index is 6.04. The van der Waals surface area contributed by atoms with E-state index >= 15 is 0 Å². The smallest absolute Gasteiger partial charge is 0.142 e. The average Bonchev–Trinajstić information content (AvgIpc) is 3.17. The normalized spacial score (nSPS) is 11.2. The molecule has 4 heteroatoms. The third-order valence-corrected chi connectivity index (χ3v) is 4.91. The van der Waals surface area contributed by atoms with E-state index in [1.54, 1.807) is 4.85 Å². The molecule has 0 unspecified atom stereocenters. The summed E-state index contributed by atoms with van der Waals surface area (Å²) in [6.45, 7) is 2.54. The summed E-state index contributed by atoms with van der Waals surface area (Å²) in [5.74, 6) is 0. The molecule has 3 aromatic carbocycles. The Labute approximate surface area is 163 Å². The first-order chi connectivity index (χ1) is 13.8. The summed E-state index contributed by atoms with van der Waals surface area (Å²) in [6, 6.07) is 26.6. The van der Waals surface area contributed by atoms with Crippen molar-refractivity contribution in [2.24, 2.45) is 0 Å². The van der Waals surface area contributed by atoms with Crippen LogP contribution in [0.1, 0.15) is 11.1 Å². The lowest BCUT2D eigenvalue weighted by Crippen LogP contribution is -2.12. The fourth-order valence-electron chi connectivity index (χ4n) is 3.44. The van der Waals surface area contributed by atoms with Crippen molar-refractivity contribution >= 4 is 21.8 Å². The highest BCUT2D eigenvalue weighted by Gasteiger charge is 2.15. The van der Waals surface area contributed by atoms with Crippen molar-refractivity contribution in [1.29, 1.82) is 0 Å². The Morgan fingerprint density at radius 1 is 0.821 bits per heavy atom. The minimum atomic E-state index is 0.453. The van der Waals surface area contributed by atoms with Crippen LogP contribution in [0.4, 0.5) is 0 Å². The lowest BCUT2D eigenvalue weighted by Gasteiger charge is -2.10. The van der Waals surface area contributed by atoms with Crippen molar-refractivity contribution in [3.8, 4) is 11.3 Å². The van der Waals surface area contributed by atoms with E-state index in [2.05, 4.69) is 42.4 Å². The van der Waals surface area contributed by atoms with Gasteiger partial charge in [0, 0.05) is 10.9 Å². The molecule has 0 amide bonds. The van der Waals surface area contributed by atoms with Crippen molar-refractivity contribution in [3.63, 3.8) is 0 Å². The molecule has 136 valence electrons. The summed E-state index contributed by atoms with van der Waals surface area (Å²) < 4.78 is 0. The summed E-state index contributed by atoms with van der Waals surface area (Å²) in [6.07, 6.45) is 1.84. The summed E-state index contributed by atoms with van der Waals surface area (Å²) >= 11 is 0. The fourth-order valence-corrected chi connectivity index (χ4v) is 3.44. The minimum Gasteiger partial charge on any atom is -0.391 e. The second kappa shape index (κ2) is 6.82. The highest BCUT2D eigenvalue weighted by atomic mass is 16.7. The first kappa shape index (κ1) is 16.5. The van der Waals surface area contributed by atoms with Crippen LogP contribution < -0.4 is 4.84 Å². The van der Waals surface area contributed by atoms with E-state index in [-0.39, 0.29) is 0 Å². The zero-order valence-electron chi connectivity index (χ0n) is 15.5. The van der Waals surface area contributed by atoms with Crippen molar-refractivity contribution in [3.05, 3.63) is 96.2 Å². The Morgan fingerprint density at radius 3 is 2.39 bits per heavy atom. The van der Waals surface area contributed by atoms with Gasteiger partial charge in [0.05, 0.1) is 22.8 Å². The van der Waals surface area contributed by atoms with Crippen LogP contribution in [0.5, 0.6) is 0 Å². The summed E-state index contributed by atoms with van der Waals surface area (Å²) in [5, 5.41) is 6.53. The molecule has 4 nitrogen and oxygen atoms in total. The van der Waals surface area contributed by atoms with E-state index < -0.39 is 0 Å². The molecule has 2 heterocycles. The lowest BCUT2D eigenvalue weighted by atomic mass is 10.0. The zero-order chi connectivity index (χ0) is 18.9. The topological polar surface area (TPSA) is 39.9 Å². The molecule has 28 heavy (non-hydrogen) atoms. The monoisotopic (exact) mass is 365 g/mol. The van der Waals surface area contributed by atoms with Crippen LogP contribution in [-0.4, -0.2) is 14.9 Å². The van der Waals surface area contributed by atoms with Gasteiger partial charge in [0.1, 0.15) is 12.1 Å². The van der Waals surface area contributed by atoms with Gasteiger partial charge < -0.3 is 4.84 Å². The molecule has 0 aliphatic rings. The largest absolute Gasteiger partial charge is 0.391 e. The fraction of sp³-hybridized carbons (Fsp3) is 0.0833. The molecule has 5 rings (SSSR count). The number of para-hydroxylation sites is 1. The van der Waals surface area contributed by atoms with Gasteiger partial charge in [0.15, 0.2) is 0 Å². The molecule has 0 N–H and O–H groups in total. The molecule has 2 aromatic heterocycles. The molecule has 0 atom stereocenters. The molecule has 0 saturated heterocycles. The third-order valence-electron chi connectivity index (χ3n) is 4.91. The van der Waals surface area contributed by atoms with E-state index in [9.17, 15) is 0 Å². The number of aromatic nitrogens is 3. The number of hydrogen-bond acceptors (Lipinski definition) is 3. The van der Waals surface area contributed by atoms with Gasteiger partial charge in [-0.25, -0.2) is 4.98 Å². The quantitative estimate of drug-likeness (QED) is 0.440. The van der Waals surface area contributed by atoms with Crippen molar-refractivity contribution < 1.29 is 4.84 Å². The molecular weight excluding hydrogens is 346 g/mol. The van der Waals surface area contributed by atoms with Crippen LogP contribution in [-0.2, 0) is 6.61 Å². The Bertz CT molecular complexity index is 1260. The van der Waals surface area contributed by atoms with Gasteiger partial charge in [-0.2, -0.15) is 0 Å². The Kier molecular flexibility index (Phi) is 4.02. The molecule has 0 bridgehead atoms. The molecule has 0 fully saturated rings. The molecule has 0 radical (unpaired) electrons. The molecular formula is C24H19N3O. The van der Waals surface area contributed by atoms with Crippen LogP contribution in [0.25, 0.3) is 33.1 Å². The van der Waals surface area contributed by atoms with E-state index in [1.165, 1.54) is 5.56 Å². The van der Waals surface area contributed by atoms with Gasteiger partial charge >= 0.3 is 0 Å². The van der Waals surface area contributed by atoms with Gasteiger partial charge in [-0.3, -0.25) is 0 Å². The highest BCUT2D eigenvalue weighted by Crippen LogP contribution is 2.32. The first-order valence-corrected chi connectivity index (χ1v) is 9.30. The Morgan fingerprint density at radius 2 is 1.57 bits per heavy atom. The average molecular weight is 365 g/mol. The number of fused-ring (bicyclic) bond motifs is 3. The number of aryl methyl sites for hydroxylation is 1. The van der Waals surface area contributed by atoms with Gasteiger partial charge in [0.25, 0.3) is 0 Å². The number of rotatable bonds is 4. The maximum Gasteiger partial charge on any atom is 0.142 e. The molecule has 5 aromatic rings. The summed E-state index contributed by atoms with van der Waals surface area (Å²) in [5.41, 5.74) is 6.19. The third kappa shape index (κ3) is 2.89. The van der Waals surface area contributed by atoms with Crippen LogP contribution in [0.2, 0.25) is 0 Å². The maximum atomic E-state index is 6.04. The van der Waals surface area contributed by atoms with E-state index in [4.69, 9.17) is 9.82 Å². The van der Waals surface area contributed by atoms with Crippen molar-refractivity contribution in [1.82, 2.24) is 14.9 Å². The second-order valence-corrected chi connectivity index (χ2v) is 6.88. The number of nitrogens with zero attached hydrogens (tertiary/aromatic N) is 3. The van der Waals surface area contributed by atoms with Gasteiger partial charge in [-0.05, 0) is 18.6 Å². The predicted molar refractivity (Wildman–Crippen MR) is 112 cm³/mol. The molecule has 0 spiro atoms. The summed E-state index contributed by atoms with van der Waals surface area (Å²) in [4.78, 5) is 12.6. The zero-order valence-corrected chi connectivity index (χ0v) is 15.5. The molecule has 0 aliphatic carbocycles. The predicted octanol–water partition coefficient (Wildman–Crippen LogP) is 5.19. The van der Waals surface area contributed by atoms with Crippen LogP contribution in [0.15, 0.2) is 85.1 Å². The molecule has 0 aliphatic heterocycles. The van der Waals surface area contributed by atoms with Crippen molar-refractivity contribution in [2.45, 2.75) is 13.5 Å². The second-order valence-electron chi connectivity index (χ2n) is 6.88. The van der Waals surface area contributed by atoms with Gasteiger partial charge in [-0.1, -0.05) is 83.2 Å². The minimum absolute atomic E-state index is 0.453. The van der Waals surface area contributed by atoms with Gasteiger partial charge in [0.2, 0.25) is 0 Å². The number of benzene rings is 3. The van der Waals surface area contributed by atoms with Gasteiger partial charge in [-0.15, -0.1) is 5.10 Å². The molecule has 0 saturated carbocycles. The van der Waals surface area contributed by atoms with Crippen LogP contribution >= 0.6 is 0 Å². The Hall–Kier alpha value is -3.66. The number of pyridine rings is 1. The number of hydrogen-bond donors (Lipinski definition) is 0. The SMILES string of the molecule is Cc1ccc(-c2nc3ccccc3c3c2cnn3OCc2ccccc2)cc1. The van der Waals surface area contributed by atoms with E-state index in [0.717, 1.165) is 38.6 Å². The summed E-state index contributed by atoms with van der Waals surface area (Å²) in [7, 11) is 0. The van der Waals surface area contributed by atoms with Crippen LogP contribution in [0.3, 0.4) is 0 Å². The highest BCUT2D eigenvalue weighted by molar-refractivity contribution is 6.08. The van der Waals surface area contributed by atoms with E-state index in [1.807, 2.05) is 54.7 Å². The lowest BCUT2D eigenvalue weighted by molar-refractivity contribution is 0.0799. The van der Waals surface area contributed by atoms with Crippen molar-refractivity contribution in [2.75, 3.05) is 0 Å². The standard InChI is InChI=1S/C24H19N3O/c1-17-11-13-19(14-12-17)23-21-15-25-27(28-16-18-7-3-2-4-8-18)24(21)20-9-5-6-10-22(20)26-23/h2-15H,16H2,1H3.